The number of nitro groups is 1. The van der Waals surface area contributed by atoms with Gasteiger partial charge >= 0.3 is 0 Å². The molecular formula is C21H26N6O4. The van der Waals surface area contributed by atoms with Crippen LogP contribution >= 0.6 is 0 Å². The average Bonchev–Trinajstić information content (AvgIpc) is 2.81. The SMILES string of the molecule is CCN1CCN(c2ccc(CNC(=O)CNC(=O)c3cccc([N+](=O)[O-])c3)cn2)CC1. The first kappa shape index (κ1) is 22.2. The largest absolute Gasteiger partial charge is 0.354 e. The van der Waals surface area contributed by atoms with Crippen molar-refractivity contribution in [3.8, 4) is 0 Å². The van der Waals surface area contributed by atoms with E-state index in [-0.39, 0.29) is 23.7 Å². The number of pyridine rings is 1. The van der Waals surface area contributed by atoms with Crippen molar-refractivity contribution in [2.45, 2.75) is 13.5 Å². The van der Waals surface area contributed by atoms with E-state index in [2.05, 4.69) is 32.3 Å². The molecule has 1 aromatic carbocycles. The van der Waals surface area contributed by atoms with Gasteiger partial charge in [0.15, 0.2) is 0 Å². The molecule has 1 aliphatic rings. The van der Waals surface area contributed by atoms with Crippen LogP contribution in [0.4, 0.5) is 11.5 Å². The lowest BCUT2D eigenvalue weighted by atomic mass is 10.2. The number of benzene rings is 1. The highest BCUT2D eigenvalue weighted by molar-refractivity contribution is 5.96. The lowest BCUT2D eigenvalue weighted by molar-refractivity contribution is -0.384. The van der Waals surface area contributed by atoms with E-state index in [0.717, 1.165) is 44.1 Å². The minimum Gasteiger partial charge on any atom is -0.354 e. The van der Waals surface area contributed by atoms with Gasteiger partial charge in [-0.15, -0.1) is 0 Å². The quantitative estimate of drug-likeness (QED) is 0.480. The second-order valence-corrected chi connectivity index (χ2v) is 7.21. The van der Waals surface area contributed by atoms with Gasteiger partial charge in [-0.1, -0.05) is 19.1 Å². The van der Waals surface area contributed by atoms with Gasteiger partial charge in [0.2, 0.25) is 5.91 Å². The van der Waals surface area contributed by atoms with Crippen LogP contribution in [0.2, 0.25) is 0 Å². The molecule has 164 valence electrons. The van der Waals surface area contributed by atoms with Gasteiger partial charge in [-0.2, -0.15) is 0 Å². The van der Waals surface area contributed by atoms with E-state index in [9.17, 15) is 19.7 Å². The highest BCUT2D eigenvalue weighted by Crippen LogP contribution is 2.14. The zero-order valence-electron chi connectivity index (χ0n) is 17.4. The molecule has 0 radical (unpaired) electrons. The van der Waals surface area contributed by atoms with Crippen LogP contribution in [-0.4, -0.2) is 65.9 Å². The first-order valence-electron chi connectivity index (χ1n) is 10.2. The first-order valence-corrected chi connectivity index (χ1v) is 10.2. The summed E-state index contributed by atoms with van der Waals surface area (Å²) in [4.78, 5) is 43.5. The molecule has 2 aromatic rings. The molecule has 0 unspecified atom stereocenters. The maximum Gasteiger partial charge on any atom is 0.270 e. The van der Waals surface area contributed by atoms with E-state index in [4.69, 9.17) is 0 Å². The predicted octanol–water partition coefficient (Wildman–Crippen LogP) is 1.18. The Morgan fingerprint density at radius 1 is 1.13 bits per heavy atom. The number of likely N-dealkylation sites (N-methyl/N-ethyl adjacent to an activating group) is 1. The average molecular weight is 426 g/mol. The van der Waals surface area contributed by atoms with Crippen LogP contribution in [0.25, 0.3) is 0 Å². The molecule has 0 atom stereocenters. The lowest BCUT2D eigenvalue weighted by Crippen LogP contribution is -2.46. The summed E-state index contributed by atoms with van der Waals surface area (Å²) in [6.45, 7) is 7.23. The Balaban J connectivity index is 1.43. The number of nitro benzene ring substituents is 1. The summed E-state index contributed by atoms with van der Waals surface area (Å²) >= 11 is 0. The number of rotatable bonds is 8. The van der Waals surface area contributed by atoms with Crippen LogP contribution in [0, 0.1) is 10.1 Å². The first-order chi connectivity index (χ1) is 15.0. The van der Waals surface area contributed by atoms with Gasteiger partial charge in [0.05, 0.1) is 11.5 Å². The monoisotopic (exact) mass is 426 g/mol. The Morgan fingerprint density at radius 2 is 1.90 bits per heavy atom. The Hall–Kier alpha value is -3.53. The van der Waals surface area contributed by atoms with Crippen LogP contribution in [-0.2, 0) is 11.3 Å². The number of piperazine rings is 1. The number of anilines is 1. The van der Waals surface area contributed by atoms with E-state index in [1.807, 2.05) is 12.1 Å². The molecule has 1 aromatic heterocycles. The third kappa shape index (κ3) is 6.22. The van der Waals surface area contributed by atoms with E-state index in [1.54, 1.807) is 6.20 Å². The van der Waals surface area contributed by atoms with Gasteiger partial charge in [0.25, 0.3) is 11.6 Å². The summed E-state index contributed by atoms with van der Waals surface area (Å²) in [5, 5.41) is 16.0. The maximum absolute atomic E-state index is 12.1. The van der Waals surface area contributed by atoms with Crippen LogP contribution < -0.4 is 15.5 Å². The number of aromatic nitrogens is 1. The van der Waals surface area contributed by atoms with Crippen molar-refractivity contribution in [2.24, 2.45) is 0 Å². The summed E-state index contributed by atoms with van der Waals surface area (Å²) in [5.74, 6) is 0.0154. The molecule has 2 heterocycles. The second kappa shape index (κ2) is 10.5. The number of nitrogens with zero attached hydrogens (tertiary/aromatic N) is 4. The molecule has 0 saturated carbocycles. The van der Waals surface area contributed by atoms with Crippen molar-refractivity contribution in [1.29, 1.82) is 0 Å². The standard InChI is InChI=1S/C21H26N6O4/c1-2-25-8-10-26(11-9-25)19-7-6-16(13-22-19)14-23-20(28)15-24-21(29)17-4-3-5-18(12-17)27(30)31/h3-7,12-13H,2,8-11,14-15H2,1H3,(H,23,28)(H,24,29). The molecule has 31 heavy (non-hydrogen) atoms. The summed E-state index contributed by atoms with van der Waals surface area (Å²) in [6.07, 6.45) is 1.74. The molecule has 1 fully saturated rings. The molecular weight excluding hydrogens is 400 g/mol. The molecule has 10 heteroatoms. The van der Waals surface area contributed by atoms with Gasteiger partial charge in [0.1, 0.15) is 5.82 Å². The van der Waals surface area contributed by atoms with Crippen molar-refractivity contribution in [2.75, 3.05) is 44.2 Å². The normalized spacial score (nSPS) is 14.2. The fourth-order valence-electron chi connectivity index (χ4n) is 3.29. The molecule has 0 spiro atoms. The molecule has 10 nitrogen and oxygen atoms in total. The van der Waals surface area contributed by atoms with Crippen molar-refractivity contribution in [3.05, 3.63) is 63.8 Å². The maximum atomic E-state index is 12.1. The van der Waals surface area contributed by atoms with Gasteiger partial charge in [0, 0.05) is 56.6 Å². The summed E-state index contributed by atoms with van der Waals surface area (Å²) in [5.41, 5.74) is 0.802. The van der Waals surface area contributed by atoms with Crippen LogP contribution in [0.1, 0.15) is 22.8 Å². The van der Waals surface area contributed by atoms with Crippen molar-refractivity contribution in [1.82, 2.24) is 20.5 Å². The number of non-ortho nitro benzene ring substituents is 1. The minimum atomic E-state index is -0.575. The molecule has 0 aliphatic carbocycles. The highest BCUT2D eigenvalue weighted by atomic mass is 16.6. The molecule has 3 rings (SSSR count). The third-order valence-electron chi connectivity index (χ3n) is 5.17. The smallest absolute Gasteiger partial charge is 0.270 e. The van der Waals surface area contributed by atoms with Gasteiger partial charge in [-0.25, -0.2) is 4.98 Å². The minimum absolute atomic E-state index is 0.126. The van der Waals surface area contributed by atoms with Gasteiger partial charge < -0.3 is 20.4 Å². The number of amides is 2. The van der Waals surface area contributed by atoms with Gasteiger partial charge in [-0.05, 0) is 24.2 Å². The predicted molar refractivity (Wildman–Crippen MR) is 116 cm³/mol. The summed E-state index contributed by atoms with van der Waals surface area (Å²) in [6, 6.07) is 9.23. The summed E-state index contributed by atoms with van der Waals surface area (Å²) < 4.78 is 0. The fraction of sp³-hybridized carbons (Fsp3) is 0.381. The van der Waals surface area contributed by atoms with Gasteiger partial charge in [-0.3, -0.25) is 19.7 Å². The Bertz CT molecular complexity index is 926. The Kier molecular flexibility index (Phi) is 7.50. The van der Waals surface area contributed by atoms with Crippen molar-refractivity contribution in [3.63, 3.8) is 0 Å². The van der Waals surface area contributed by atoms with E-state index < -0.39 is 10.8 Å². The van der Waals surface area contributed by atoms with Crippen molar-refractivity contribution < 1.29 is 14.5 Å². The van der Waals surface area contributed by atoms with E-state index in [1.165, 1.54) is 24.3 Å². The summed E-state index contributed by atoms with van der Waals surface area (Å²) in [7, 11) is 0. The number of hydrogen-bond acceptors (Lipinski definition) is 7. The van der Waals surface area contributed by atoms with Crippen molar-refractivity contribution >= 4 is 23.3 Å². The fourth-order valence-corrected chi connectivity index (χ4v) is 3.29. The Labute approximate surface area is 180 Å². The number of nitrogens with one attached hydrogen (secondary N) is 2. The topological polar surface area (TPSA) is 121 Å². The zero-order chi connectivity index (χ0) is 22.2. The zero-order valence-corrected chi connectivity index (χ0v) is 17.4. The molecule has 0 bridgehead atoms. The number of hydrogen-bond donors (Lipinski definition) is 2. The van der Waals surface area contributed by atoms with Crippen LogP contribution in [0.5, 0.6) is 0 Å². The lowest BCUT2D eigenvalue weighted by Gasteiger charge is -2.34. The number of carbonyl (C=O) groups is 2. The van der Waals surface area contributed by atoms with Crippen LogP contribution in [0.15, 0.2) is 42.6 Å². The molecule has 2 N–H and O–H groups in total. The molecule has 2 amide bonds. The molecule has 1 aliphatic heterocycles. The Morgan fingerprint density at radius 3 is 2.55 bits per heavy atom. The van der Waals surface area contributed by atoms with E-state index >= 15 is 0 Å². The highest BCUT2D eigenvalue weighted by Gasteiger charge is 2.16. The third-order valence-corrected chi connectivity index (χ3v) is 5.17. The molecule has 1 saturated heterocycles. The number of carbonyl (C=O) groups excluding carboxylic acids is 2. The van der Waals surface area contributed by atoms with E-state index in [0.29, 0.717) is 6.54 Å². The second-order valence-electron chi connectivity index (χ2n) is 7.21. The van der Waals surface area contributed by atoms with Crippen LogP contribution in [0.3, 0.4) is 0 Å².